The SMILES string of the molecule is O=C(O)c1cnccc1C(=O)NCc1ccco1. The van der Waals surface area contributed by atoms with E-state index in [9.17, 15) is 9.59 Å². The van der Waals surface area contributed by atoms with Crippen molar-refractivity contribution in [3.63, 3.8) is 0 Å². The monoisotopic (exact) mass is 246 g/mol. The third kappa shape index (κ3) is 2.54. The molecule has 0 saturated heterocycles. The van der Waals surface area contributed by atoms with Gasteiger partial charge < -0.3 is 14.8 Å². The number of carbonyl (C=O) groups excluding carboxylic acids is 1. The van der Waals surface area contributed by atoms with E-state index in [1.54, 1.807) is 12.1 Å². The molecule has 0 radical (unpaired) electrons. The van der Waals surface area contributed by atoms with Crippen LogP contribution in [0.4, 0.5) is 0 Å². The highest BCUT2D eigenvalue weighted by Gasteiger charge is 2.16. The van der Waals surface area contributed by atoms with E-state index in [1.807, 2.05) is 0 Å². The zero-order valence-electron chi connectivity index (χ0n) is 9.29. The molecular weight excluding hydrogens is 236 g/mol. The number of pyridine rings is 1. The fourth-order valence-corrected chi connectivity index (χ4v) is 1.44. The molecule has 0 saturated carbocycles. The predicted octanol–water partition coefficient (Wildman–Crippen LogP) is 1.30. The second-order valence-electron chi connectivity index (χ2n) is 3.49. The number of aromatic nitrogens is 1. The zero-order chi connectivity index (χ0) is 13.0. The first-order valence-corrected chi connectivity index (χ1v) is 5.16. The maximum absolute atomic E-state index is 11.8. The molecule has 2 heterocycles. The number of furan rings is 1. The molecule has 0 spiro atoms. The Bertz CT molecular complexity index is 563. The molecule has 18 heavy (non-hydrogen) atoms. The number of carboxylic acids is 1. The van der Waals surface area contributed by atoms with Gasteiger partial charge in [0.2, 0.25) is 0 Å². The van der Waals surface area contributed by atoms with Crippen LogP contribution in [0.25, 0.3) is 0 Å². The van der Waals surface area contributed by atoms with Gasteiger partial charge in [0.1, 0.15) is 5.76 Å². The highest BCUT2D eigenvalue weighted by molar-refractivity contribution is 6.04. The molecule has 0 unspecified atom stereocenters. The van der Waals surface area contributed by atoms with Gasteiger partial charge in [-0.3, -0.25) is 9.78 Å². The maximum atomic E-state index is 11.8. The lowest BCUT2D eigenvalue weighted by Crippen LogP contribution is -2.24. The number of carbonyl (C=O) groups is 2. The molecular formula is C12H10N2O4. The van der Waals surface area contributed by atoms with Crippen LogP contribution in [0.15, 0.2) is 41.3 Å². The summed E-state index contributed by atoms with van der Waals surface area (Å²) in [5.41, 5.74) is -0.0569. The van der Waals surface area contributed by atoms with E-state index in [1.165, 1.54) is 18.5 Å². The summed E-state index contributed by atoms with van der Waals surface area (Å²) in [5, 5.41) is 11.5. The van der Waals surface area contributed by atoms with Gasteiger partial charge in [-0.2, -0.15) is 0 Å². The van der Waals surface area contributed by atoms with Gasteiger partial charge in [-0.15, -0.1) is 0 Å². The molecule has 2 N–H and O–H groups in total. The van der Waals surface area contributed by atoms with Crippen molar-refractivity contribution in [2.24, 2.45) is 0 Å². The van der Waals surface area contributed by atoms with Crippen molar-refractivity contribution in [2.45, 2.75) is 6.54 Å². The molecule has 92 valence electrons. The summed E-state index contributed by atoms with van der Waals surface area (Å²) in [6, 6.07) is 4.78. The highest BCUT2D eigenvalue weighted by atomic mass is 16.4. The standard InChI is InChI=1S/C12H10N2O4/c15-11(14-6-8-2-1-5-18-8)9-3-4-13-7-10(9)12(16)17/h1-5,7H,6H2,(H,14,15)(H,16,17). The molecule has 0 aliphatic heterocycles. The van der Waals surface area contributed by atoms with Gasteiger partial charge in [0, 0.05) is 12.4 Å². The van der Waals surface area contributed by atoms with Crippen LogP contribution in [0.1, 0.15) is 26.5 Å². The summed E-state index contributed by atoms with van der Waals surface area (Å²) in [4.78, 5) is 26.4. The topological polar surface area (TPSA) is 92.4 Å². The van der Waals surface area contributed by atoms with Crippen LogP contribution in [0, 0.1) is 0 Å². The van der Waals surface area contributed by atoms with Crippen LogP contribution in [0.3, 0.4) is 0 Å². The van der Waals surface area contributed by atoms with Gasteiger partial charge in [-0.25, -0.2) is 4.79 Å². The summed E-state index contributed by atoms with van der Waals surface area (Å²) in [7, 11) is 0. The van der Waals surface area contributed by atoms with E-state index in [0.29, 0.717) is 5.76 Å². The number of amides is 1. The lowest BCUT2D eigenvalue weighted by Gasteiger charge is -2.05. The number of nitrogens with one attached hydrogen (secondary N) is 1. The third-order valence-corrected chi connectivity index (χ3v) is 2.30. The molecule has 0 atom stereocenters. The van der Waals surface area contributed by atoms with Crippen LogP contribution >= 0.6 is 0 Å². The van der Waals surface area contributed by atoms with E-state index < -0.39 is 11.9 Å². The fourth-order valence-electron chi connectivity index (χ4n) is 1.44. The smallest absolute Gasteiger partial charge is 0.338 e. The minimum absolute atomic E-state index is 0.0732. The number of aromatic carboxylic acids is 1. The molecule has 0 aromatic carbocycles. The first-order valence-electron chi connectivity index (χ1n) is 5.16. The Kier molecular flexibility index (Phi) is 3.38. The van der Waals surface area contributed by atoms with Crippen molar-refractivity contribution < 1.29 is 19.1 Å². The minimum atomic E-state index is -1.19. The van der Waals surface area contributed by atoms with E-state index >= 15 is 0 Å². The number of nitrogens with zero attached hydrogens (tertiary/aromatic N) is 1. The minimum Gasteiger partial charge on any atom is -0.478 e. The van der Waals surface area contributed by atoms with Crippen molar-refractivity contribution in [3.05, 3.63) is 53.7 Å². The van der Waals surface area contributed by atoms with Crippen LogP contribution in [-0.2, 0) is 6.54 Å². The summed E-state index contributed by atoms with van der Waals surface area (Å²) in [5.74, 6) is -1.08. The first kappa shape index (κ1) is 11.8. The number of rotatable bonds is 4. The summed E-state index contributed by atoms with van der Waals surface area (Å²) >= 11 is 0. The van der Waals surface area contributed by atoms with Gasteiger partial charge >= 0.3 is 5.97 Å². The van der Waals surface area contributed by atoms with Crippen LogP contribution in [-0.4, -0.2) is 22.0 Å². The fraction of sp³-hybridized carbons (Fsp3) is 0.0833. The summed E-state index contributed by atoms with van der Waals surface area (Å²) < 4.78 is 5.05. The average molecular weight is 246 g/mol. The molecule has 0 aliphatic carbocycles. The van der Waals surface area contributed by atoms with Crippen LogP contribution in [0.2, 0.25) is 0 Å². The molecule has 6 nitrogen and oxygen atoms in total. The second-order valence-corrected chi connectivity index (χ2v) is 3.49. The lowest BCUT2D eigenvalue weighted by molar-refractivity contribution is 0.0690. The second kappa shape index (κ2) is 5.13. The van der Waals surface area contributed by atoms with E-state index in [4.69, 9.17) is 9.52 Å². The molecule has 0 aliphatic rings. The molecule has 6 heteroatoms. The van der Waals surface area contributed by atoms with Crippen LogP contribution in [0.5, 0.6) is 0 Å². The van der Waals surface area contributed by atoms with Gasteiger partial charge in [0.15, 0.2) is 0 Å². The Labute approximate surface area is 102 Å². The van der Waals surface area contributed by atoms with Crippen LogP contribution < -0.4 is 5.32 Å². The lowest BCUT2D eigenvalue weighted by atomic mass is 10.1. The Balaban J connectivity index is 2.11. The largest absolute Gasteiger partial charge is 0.478 e. The van der Waals surface area contributed by atoms with Crippen molar-refractivity contribution >= 4 is 11.9 Å². The normalized spacial score (nSPS) is 10.0. The maximum Gasteiger partial charge on any atom is 0.338 e. The van der Waals surface area contributed by atoms with Crippen molar-refractivity contribution in [1.29, 1.82) is 0 Å². The quantitative estimate of drug-likeness (QED) is 0.848. The van der Waals surface area contributed by atoms with Gasteiger partial charge in [0.05, 0.1) is 23.9 Å². The van der Waals surface area contributed by atoms with Crippen molar-refractivity contribution in [1.82, 2.24) is 10.3 Å². The molecule has 2 rings (SSSR count). The average Bonchev–Trinajstić information content (AvgIpc) is 2.89. The number of hydrogen-bond donors (Lipinski definition) is 2. The molecule has 2 aromatic rings. The van der Waals surface area contributed by atoms with E-state index in [2.05, 4.69) is 10.3 Å². The zero-order valence-corrected chi connectivity index (χ0v) is 9.29. The third-order valence-electron chi connectivity index (χ3n) is 2.30. The summed E-state index contributed by atoms with van der Waals surface area (Å²) in [6.07, 6.45) is 4.01. The Morgan fingerprint density at radius 3 is 2.83 bits per heavy atom. The number of hydrogen-bond acceptors (Lipinski definition) is 4. The summed E-state index contributed by atoms with van der Waals surface area (Å²) in [6.45, 7) is 0.202. The van der Waals surface area contributed by atoms with Crippen molar-refractivity contribution in [3.8, 4) is 0 Å². The Morgan fingerprint density at radius 2 is 2.17 bits per heavy atom. The van der Waals surface area contributed by atoms with Crippen molar-refractivity contribution in [2.75, 3.05) is 0 Å². The molecule has 0 fully saturated rings. The Hall–Kier alpha value is -2.63. The van der Waals surface area contributed by atoms with Gasteiger partial charge in [-0.1, -0.05) is 0 Å². The predicted molar refractivity (Wildman–Crippen MR) is 61.1 cm³/mol. The molecule has 1 amide bonds. The molecule has 0 bridgehead atoms. The van der Waals surface area contributed by atoms with E-state index in [-0.39, 0.29) is 17.7 Å². The molecule has 2 aromatic heterocycles. The Morgan fingerprint density at radius 1 is 1.33 bits per heavy atom. The van der Waals surface area contributed by atoms with Gasteiger partial charge in [0.25, 0.3) is 5.91 Å². The van der Waals surface area contributed by atoms with E-state index in [0.717, 1.165) is 6.20 Å². The first-order chi connectivity index (χ1) is 8.68. The van der Waals surface area contributed by atoms with Gasteiger partial charge in [-0.05, 0) is 18.2 Å². The highest BCUT2D eigenvalue weighted by Crippen LogP contribution is 2.07. The number of carboxylic acid groups (broad SMARTS) is 1.